The number of carbonyl (C=O) groups is 1. The number of anilines is 2. The third kappa shape index (κ3) is 4.30. The Labute approximate surface area is 209 Å². The van der Waals surface area contributed by atoms with Crippen molar-refractivity contribution in [3.63, 3.8) is 0 Å². The van der Waals surface area contributed by atoms with Crippen molar-refractivity contribution >= 4 is 28.6 Å². The number of aryl methyl sites for hydroxylation is 2. The number of aromatic nitrogens is 5. The fourth-order valence-electron chi connectivity index (χ4n) is 5.67. The molecule has 1 amide bonds. The van der Waals surface area contributed by atoms with Crippen LogP contribution in [0.15, 0.2) is 42.6 Å². The number of nitrogens with zero attached hydrogens (tertiary/aromatic N) is 6. The molecular formula is C27H30N8O. The van der Waals surface area contributed by atoms with Crippen LogP contribution in [0.1, 0.15) is 46.1 Å². The van der Waals surface area contributed by atoms with Crippen LogP contribution in [0.2, 0.25) is 0 Å². The zero-order valence-corrected chi connectivity index (χ0v) is 20.8. The maximum atomic E-state index is 13.2. The van der Waals surface area contributed by atoms with E-state index in [1.54, 1.807) is 0 Å². The van der Waals surface area contributed by atoms with Gasteiger partial charge in [0.25, 0.3) is 5.91 Å². The average molecular weight is 483 g/mol. The lowest BCUT2D eigenvalue weighted by atomic mass is 9.92. The number of nitrogens with one attached hydrogen (secondary N) is 2. The van der Waals surface area contributed by atoms with Crippen LogP contribution in [0.25, 0.3) is 11.0 Å². The van der Waals surface area contributed by atoms with Crippen LogP contribution in [-0.4, -0.2) is 60.2 Å². The molecule has 6 rings (SSSR count). The second-order valence-electron chi connectivity index (χ2n) is 10.2. The van der Waals surface area contributed by atoms with E-state index in [1.165, 1.54) is 16.7 Å². The summed E-state index contributed by atoms with van der Waals surface area (Å²) in [5.41, 5.74) is 7.92. The molecule has 0 aliphatic carbocycles. The Balaban J connectivity index is 1.11. The number of hydrogen-bond donors (Lipinski definition) is 2. The zero-order chi connectivity index (χ0) is 24.8. The van der Waals surface area contributed by atoms with Gasteiger partial charge in [-0.05, 0) is 67.6 Å². The molecular weight excluding hydrogens is 452 g/mol. The summed E-state index contributed by atoms with van der Waals surface area (Å²) in [6.07, 6.45) is 2.89. The van der Waals surface area contributed by atoms with Gasteiger partial charge in [-0.3, -0.25) is 14.8 Å². The molecule has 0 spiro atoms. The van der Waals surface area contributed by atoms with E-state index in [4.69, 9.17) is 4.98 Å². The topological polar surface area (TPSA) is 103 Å². The molecule has 1 saturated heterocycles. The fraction of sp³-hybridized carbons (Fsp3) is 0.370. The zero-order valence-electron chi connectivity index (χ0n) is 20.8. The highest BCUT2D eigenvalue weighted by molar-refractivity contribution is 5.97. The van der Waals surface area contributed by atoms with E-state index in [0.717, 1.165) is 49.5 Å². The van der Waals surface area contributed by atoms with Crippen molar-refractivity contribution in [2.75, 3.05) is 18.4 Å². The molecule has 2 N–H and O–H groups in total. The maximum Gasteiger partial charge on any atom is 0.253 e. The predicted octanol–water partition coefficient (Wildman–Crippen LogP) is 3.97. The average Bonchev–Trinajstić information content (AvgIpc) is 3.49. The lowest BCUT2D eigenvalue weighted by molar-refractivity contribution is 0.0445. The smallest absolute Gasteiger partial charge is 0.253 e. The van der Waals surface area contributed by atoms with E-state index in [0.29, 0.717) is 29.0 Å². The van der Waals surface area contributed by atoms with Gasteiger partial charge < -0.3 is 10.2 Å². The second-order valence-corrected chi connectivity index (χ2v) is 10.2. The van der Waals surface area contributed by atoms with Crippen LogP contribution in [0.4, 0.5) is 11.6 Å². The van der Waals surface area contributed by atoms with Gasteiger partial charge in [0.1, 0.15) is 5.52 Å². The van der Waals surface area contributed by atoms with Gasteiger partial charge in [0.05, 0.1) is 11.2 Å². The van der Waals surface area contributed by atoms with E-state index in [1.807, 2.05) is 29.3 Å². The highest BCUT2D eigenvalue weighted by Gasteiger charge is 2.36. The van der Waals surface area contributed by atoms with E-state index >= 15 is 0 Å². The molecule has 36 heavy (non-hydrogen) atoms. The van der Waals surface area contributed by atoms with Crippen LogP contribution in [0.5, 0.6) is 0 Å². The number of likely N-dealkylation sites (tertiary alicyclic amines) is 1. The van der Waals surface area contributed by atoms with Crippen molar-refractivity contribution in [3.05, 3.63) is 70.5 Å². The highest BCUT2D eigenvalue weighted by atomic mass is 16.2. The largest absolute Gasteiger partial charge is 0.338 e. The van der Waals surface area contributed by atoms with Crippen molar-refractivity contribution in [3.8, 4) is 0 Å². The molecule has 2 aliphatic heterocycles. The van der Waals surface area contributed by atoms with E-state index in [-0.39, 0.29) is 5.91 Å². The normalized spacial score (nSPS) is 20.0. The summed E-state index contributed by atoms with van der Waals surface area (Å²) >= 11 is 0. The number of fused-ring (bicyclic) bond motifs is 2. The predicted molar refractivity (Wildman–Crippen MR) is 138 cm³/mol. The van der Waals surface area contributed by atoms with E-state index in [2.05, 4.69) is 69.6 Å². The number of benzene rings is 2. The number of aromatic amines is 1. The first-order valence-electron chi connectivity index (χ1n) is 12.5. The highest BCUT2D eigenvalue weighted by Crippen LogP contribution is 2.31. The van der Waals surface area contributed by atoms with Gasteiger partial charge in [-0.15, -0.1) is 5.10 Å². The number of hydrogen-bond acceptors (Lipinski definition) is 7. The molecule has 4 heterocycles. The van der Waals surface area contributed by atoms with E-state index < -0.39 is 0 Å². The summed E-state index contributed by atoms with van der Waals surface area (Å²) in [5.74, 6) is 1.05. The molecule has 2 atom stereocenters. The number of piperidine rings is 1. The molecule has 2 aromatic heterocycles. The lowest BCUT2D eigenvalue weighted by Gasteiger charge is -2.41. The van der Waals surface area contributed by atoms with Gasteiger partial charge in [0, 0.05) is 55.2 Å². The van der Waals surface area contributed by atoms with Crippen molar-refractivity contribution in [1.29, 1.82) is 0 Å². The first-order chi connectivity index (χ1) is 17.4. The molecule has 2 aromatic carbocycles. The Bertz CT molecular complexity index is 1430. The van der Waals surface area contributed by atoms with Crippen LogP contribution in [0.3, 0.4) is 0 Å². The number of carbonyl (C=O) groups excluding carboxylic acids is 1. The Morgan fingerprint density at radius 2 is 1.94 bits per heavy atom. The van der Waals surface area contributed by atoms with Gasteiger partial charge in [-0.25, -0.2) is 9.97 Å². The molecule has 0 unspecified atom stereocenters. The van der Waals surface area contributed by atoms with Crippen molar-refractivity contribution in [1.82, 2.24) is 35.2 Å². The standard InChI is InChI=1S/C27H30N8O/c1-16-8-17(2)10-21(9-16)29-27-28-12-20-14-35(15-24(20)30-27)25-6-7-34(13-18(25)3)26(36)19-4-5-22-23(11-19)32-33-31-22/h4-5,8-12,18,25H,6-7,13-15H2,1-3H3,(H,28,29,30)(H,31,32,33)/t18-,25+/m0/s1. The van der Waals surface area contributed by atoms with Crippen LogP contribution >= 0.6 is 0 Å². The summed E-state index contributed by atoms with van der Waals surface area (Å²) in [7, 11) is 0. The quantitative estimate of drug-likeness (QED) is 0.454. The summed E-state index contributed by atoms with van der Waals surface area (Å²) in [6.45, 7) is 9.56. The number of amides is 1. The Morgan fingerprint density at radius 1 is 1.11 bits per heavy atom. The van der Waals surface area contributed by atoms with Gasteiger partial charge in [-0.2, -0.15) is 0 Å². The van der Waals surface area contributed by atoms with Gasteiger partial charge in [-0.1, -0.05) is 18.2 Å². The molecule has 2 aliphatic rings. The molecule has 0 bridgehead atoms. The molecule has 184 valence electrons. The van der Waals surface area contributed by atoms with Crippen molar-refractivity contribution in [2.45, 2.75) is 46.3 Å². The molecule has 0 saturated carbocycles. The van der Waals surface area contributed by atoms with Crippen molar-refractivity contribution < 1.29 is 4.79 Å². The third-order valence-corrected chi connectivity index (χ3v) is 7.35. The first-order valence-corrected chi connectivity index (χ1v) is 12.5. The maximum absolute atomic E-state index is 13.2. The summed E-state index contributed by atoms with van der Waals surface area (Å²) in [5, 5.41) is 14.1. The Hall–Kier alpha value is -3.85. The number of rotatable bonds is 4. The van der Waals surface area contributed by atoms with Gasteiger partial charge in [0.2, 0.25) is 5.95 Å². The molecule has 9 nitrogen and oxygen atoms in total. The number of H-pyrrole nitrogens is 1. The molecule has 1 fully saturated rings. The van der Waals surface area contributed by atoms with Crippen LogP contribution in [-0.2, 0) is 13.1 Å². The summed E-state index contributed by atoms with van der Waals surface area (Å²) in [4.78, 5) is 27.1. The molecule has 0 radical (unpaired) electrons. The second kappa shape index (κ2) is 8.98. The first kappa shape index (κ1) is 22.6. The molecule has 9 heteroatoms. The fourth-order valence-corrected chi connectivity index (χ4v) is 5.67. The molecule has 4 aromatic rings. The van der Waals surface area contributed by atoms with Crippen molar-refractivity contribution in [2.24, 2.45) is 5.92 Å². The van der Waals surface area contributed by atoms with Gasteiger partial charge in [0.15, 0.2) is 0 Å². The lowest BCUT2D eigenvalue weighted by Crippen LogP contribution is -2.50. The Kier molecular flexibility index (Phi) is 5.64. The Morgan fingerprint density at radius 3 is 2.75 bits per heavy atom. The summed E-state index contributed by atoms with van der Waals surface area (Å²) < 4.78 is 0. The third-order valence-electron chi connectivity index (χ3n) is 7.35. The van der Waals surface area contributed by atoms with Gasteiger partial charge >= 0.3 is 0 Å². The SMILES string of the molecule is Cc1cc(C)cc(Nc2ncc3c(n2)CN([C@@H]2CCN(C(=O)c4ccc5[nH]nnc5c4)C[C@@H]2C)C3)c1. The van der Waals surface area contributed by atoms with Crippen LogP contribution < -0.4 is 5.32 Å². The van der Waals surface area contributed by atoms with E-state index in [9.17, 15) is 4.79 Å². The minimum Gasteiger partial charge on any atom is -0.338 e. The minimum atomic E-state index is 0.0582. The van der Waals surface area contributed by atoms with Crippen LogP contribution in [0, 0.1) is 19.8 Å². The minimum absolute atomic E-state index is 0.0582. The monoisotopic (exact) mass is 482 g/mol. The summed E-state index contributed by atoms with van der Waals surface area (Å²) in [6, 6.07) is 12.3.